The third-order valence-electron chi connectivity index (χ3n) is 2.95. The van der Waals surface area contributed by atoms with Crippen molar-refractivity contribution in [2.45, 2.75) is 53.5 Å². The largest absolute Gasteiger partial charge is 0.301 e. The molecular formula is C13H27N. The summed E-state index contributed by atoms with van der Waals surface area (Å²) in [6.45, 7) is 18.7. The van der Waals surface area contributed by atoms with Gasteiger partial charge in [0, 0.05) is 12.1 Å². The van der Waals surface area contributed by atoms with E-state index in [-0.39, 0.29) is 11.0 Å². The van der Waals surface area contributed by atoms with Gasteiger partial charge in [-0.25, -0.2) is 0 Å². The maximum Gasteiger partial charge on any atom is 0.0122 e. The monoisotopic (exact) mass is 197 g/mol. The Morgan fingerprint density at radius 3 is 1.79 bits per heavy atom. The molecule has 0 fully saturated rings. The van der Waals surface area contributed by atoms with Gasteiger partial charge < -0.3 is 4.90 Å². The van der Waals surface area contributed by atoms with E-state index >= 15 is 0 Å². The van der Waals surface area contributed by atoms with Gasteiger partial charge in [0.05, 0.1) is 0 Å². The highest BCUT2D eigenvalue weighted by Crippen LogP contribution is 2.26. The van der Waals surface area contributed by atoms with Gasteiger partial charge in [-0.15, -0.1) is 0 Å². The highest BCUT2D eigenvalue weighted by atomic mass is 15.1. The third-order valence-corrected chi connectivity index (χ3v) is 2.95. The molecule has 1 nitrogen and oxygen atoms in total. The van der Waals surface area contributed by atoms with E-state index in [4.69, 9.17) is 0 Å². The van der Waals surface area contributed by atoms with E-state index in [2.05, 4.69) is 60.1 Å². The Morgan fingerprint density at radius 1 is 1.07 bits per heavy atom. The fourth-order valence-corrected chi connectivity index (χ4v) is 1.01. The van der Waals surface area contributed by atoms with Crippen molar-refractivity contribution in [1.29, 1.82) is 0 Å². The smallest absolute Gasteiger partial charge is 0.0122 e. The van der Waals surface area contributed by atoms with Crippen molar-refractivity contribution in [2.75, 3.05) is 13.6 Å². The van der Waals surface area contributed by atoms with Gasteiger partial charge in [0.15, 0.2) is 0 Å². The summed E-state index contributed by atoms with van der Waals surface area (Å²) in [5.74, 6) is 0. The van der Waals surface area contributed by atoms with Gasteiger partial charge in [0.1, 0.15) is 0 Å². The first-order valence-corrected chi connectivity index (χ1v) is 5.44. The molecule has 0 aliphatic rings. The third kappa shape index (κ3) is 4.80. The summed E-state index contributed by atoms with van der Waals surface area (Å²) in [5, 5.41) is 0. The van der Waals surface area contributed by atoms with E-state index in [1.54, 1.807) is 0 Å². The number of hydrogen-bond acceptors (Lipinski definition) is 1. The van der Waals surface area contributed by atoms with Crippen molar-refractivity contribution >= 4 is 0 Å². The summed E-state index contributed by atoms with van der Waals surface area (Å²) in [6, 6.07) is 0. The summed E-state index contributed by atoms with van der Waals surface area (Å²) in [5.41, 5.74) is 1.85. The van der Waals surface area contributed by atoms with Crippen LogP contribution in [0.4, 0.5) is 0 Å². The van der Waals surface area contributed by atoms with Crippen LogP contribution in [0.15, 0.2) is 12.2 Å². The lowest BCUT2D eigenvalue weighted by Gasteiger charge is -2.33. The minimum Gasteiger partial charge on any atom is -0.301 e. The lowest BCUT2D eigenvalue weighted by Crippen LogP contribution is -2.39. The molecule has 0 aromatic carbocycles. The molecular weight excluding hydrogens is 170 g/mol. The first kappa shape index (κ1) is 13.7. The van der Waals surface area contributed by atoms with Crippen molar-refractivity contribution in [2.24, 2.45) is 5.41 Å². The Bertz CT molecular complexity index is 190. The van der Waals surface area contributed by atoms with Gasteiger partial charge in [-0.1, -0.05) is 32.9 Å². The molecule has 0 atom stereocenters. The van der Waals surface area contributed by atoms with Crippen LogP contribution in [-0.4, -0.2) is 24.0 Å². The SMILES string of the molecule is C=C(CCN(C)C(C)(C)C)C(C)(C)C. The summed E-state index contributed by atoms with van der Waals surface area (Å²) in [6.07, 6.45) is 1.09. The zero-order valence-corrected chi connectivity index (χ0v) is 11.1. The molecule has 0 aromatic rings. The first-order chi connectivity index (χ1) is 6.05. The van der Waals surface area contributed by atoms with Gasteiger partial charge in [0.25, 0.3) is 0 Å². The average Bonchev–Trinajstić information content (AvgIpc) is 1.95. The molecule has 0 bridgehead atoms. The van der Waals surface area contributed by atoms with Crippen LogP contribution in [0.5, 0.6) is 0 Å². The minimum absolute atomic E-state index is 0.249. The molecule has 0 aliphatic heterocycles. The molecule has 0 spiro atoms. The Hall–Kier alpha value is -0.300. The Kier molecular flexibility index (Phi) is 4.38. The fraction of sp³-hybridized carbons (Fsp3) is 0.846. The van der Waals surface area contributed by atoms with Crippen molar-refractivity contribution in [1.82, 2.24) is 4.90 Å². The van der Waals surface area contributed by atoms with Crippen molar-refractivity contribution in [3.05, 3.63) is 12.2 Å². The van der Waals surface area contributed by atoms with Crippen LogP contribution in [0.25, 0.3) is 0 Å². The molecule has 84 valence electrons. The van der Waals surface area contributed by atoms with Crippen molar-refractivity contribution in [3.8, 4) is 0 Å². The van der Waals surface area contributed by atoms with Crippen molar-refractivity contribution < 1.29 is 0 Å². The van der Waals surface area contributed by atoms with Gasteiger partial charge in [0.2, 0.25) is 0 Å². The standard InChI is InChI=1S/C13H27N/c1-11(12(2,3)4)9-10-14(8)13(5,6)7/h1,9-10H2,2-8H3. The summed E-state index contributed by atoms with van der Waals surface area (Å²) >= 11 is 0. The first-order valence-electron chi connectivity index (χ1n) is 5.44. The van der Waals surface area contributed by atoms with Crippen LogP contribution in [0.2, 0.25) is 0 Å². The number of rotatable bonds is 3. The minimum atomic E-state index is 0.249. The molecule has 14 heavy (non-hydrogen) atoms. The molecule has 0 rings (SSSR count). The second kappa shape index (κ2) is 4.48. The van der Waals surface area contributed by atoms with E-state index in [9.17, 15) is 0 Å². The molecule has 0 saturated heterocycles. The molecule has 1 heteroatoms. The number of hydrogen-bond donors (Lipinski definition) is 0. The zero-order valence-electron chi connectivity index (χ0n) is 11.1. The van der Waals surface area contributed by atoms with Gasteiger partial charge in [-0.05, 0) is 39.7 Å². The Morgan fingerprint density at radius 2 is 1.50 bits per heavy atom. The molecule has 0 N–H and O–H groups in total. The van der Waals surface area contributed by atoms with Crippen molar-refractivity contribution in [3.63, 3.8) is 0 Å². The predicted molar refractivity (Wildman–Crippen MR) is 65.6 cm³/mol. The molecule has 0 heterocycles. The maximum absolute atomic E-state index is 4.15. The van der Waals surface area contributed by atoms with Crippen LogP contribution >= 0.6 is 0 Å². The summed E-state index contributed by atoms with van der Waals surface area (Å²) in [7, 11) is 2.18. The van der Waals surface area contributed by atoms with E-state index in [0.29, 0.717) is 0 Å². The number of nitrogens with zero attached hydrogens (tertiary/aromatic N) is 1. The molecule has 0 amide bonds. The Labute approximate surface area is 90.2 Å². The molecule has 0 aromatic heterocycles. The molecule has 0 unspecified atom stereocenters. The fourth-order valence-electron chi connectivity index (χ4n) is 1.01. The van der Waals surface area contributed by atoms with E-state index in [0.717, 1.165) is 13.0 Å². The molecule has 0 radical (unpaired) electrons. The van der Waals surface area contributed by atoms with E-state index in [1.165, 1.54) is 5.57 Å². The molecule has 0 saturated carbocycles. The summed E-state index contributed by atoms with van der Waals surface area (Å²) in [4.78, 5) is 2.38. The Balaban J connectivity index is 4.03. The lowest BCUT2D eigenvalue weighted by atomic mass is 9.85. The van der Waals surface area contributed by atoms with Crippen LogP contribution in [-0.2, 0) is 0 Å². The lowest BCUT2D eigenvalue weighted by molar-refractivity contribution is 0.175. The maximum atomic E-state index is 4.15. The highest BCUT2D eigenvalue weighted by molar-refractivity contribution is 5.05. The van der Waals surface area contributed by atoms with Gasteiger partial charge in [-0.3, -0.25) is 0 Å². The quantitative estimate of drug-likeness (QED) is 0.623. The second-order valence-electron chi connectivity index (χ2n) is 6.20. The second-order valence-corrected chi connectivity index (χ2v) is 6.20. The van der Waals surface area contributed by atoms with Gasteiger partial charge in [-0.2, -0.15) is 0 Å². The van der Waals surface area contributed by atoms with Gasteiger partial charge >= 0.3 is 0 Å². The molecule has 0 aliphatic carbocycles. The normalized spacial score (nSPS) is 13.4. The topological polar surface area (TPSA) is 3.24 Å². The van der Waals surface area contributed by atoms with Crippen LogP contribution < -0.4 is 0 Å². The highest BCUT2D eigenvalue weighted by Gasteiger charge is 2.19. The zero-order chi connectivity index (χ0) is 11.6. The predicted octanol–water partition coefficient (Wildman–Crippen LogP) is 3.71. The van der Waals surface area contributed by atoms with Crippen LogP contribution in [0, 0.1) is 5.41 Å². The van der Waals surface area contributed by atoms with Crippen LogP contribution in [0.1, 0.15) is 48.0 Å². The summed E-state index contributed by atoms with van der Waals surface area (Å²) < 4.78 is 0. The van der Waals surface area contributed by atoms with Crippen LogP contribution in [0.3, 0.4) is 0 Å². The van der Waals surface area contributed by atoms with E-state index in [1.807, 2.05) is 0 Å². The van der Waals surface area contributed by atoms with E-state index < -0.39 is 0 Å². The average molecular weight is 197 g/mol.